The standard InChI is InChI=1S/C20H22F3NO6S/c1-12-10-15(24-31(25,26)20(21,22)23)17(28-3)11-14(12)19(30-5)18(29-4)13-8-6-7-9-16(13)27-2/h6-11,24H,1-5H3. The molecule has 0 fully saturated rings. The Hall–Kier alpha value is -3.08. The molecular weight excluding hydrogens is 439 g/mol. The molecular formula is C20H22F3NO6S. The van der Waals surface area contributed by atoms with Crippen LogP contribution in [-0.4, -0.2) is 42.4 Å². The number of alkyl halides is 3. The number of para-hydroxylation sites is 1. The van der Waals surface area contributed by atoms with Crippen molar-refractivity contribution in [1.29, 1.82) is 0 Å². The number of nitrogens with one attached hydrogen (secondary N) is 1. The highest BCUT2D eigenvalue weighted by Gasteiger charge is 2.46. The van der Waals surface area contributed by atoms with Gasteiger partial charge in [-0.15, -0.1) is 0 Å². The van der Waals surface area contributed by atoms with Crippen LogP contribution in [0.25, 0.3) is 11.5 Å². The number of rotatable bonds is 8. The zero-order chi connectivity index (χ0) is 23.4. The molecule has 0 aliphatic heterocycles. The molecule has 2 aromatic rings. The lowest BCUT2D eigenvalue weighted by Gasteiger charge is -2.20. The van der Waals surface area contributed by atoms with Crippen molar-refractivity contribution in [2.75, 3.05) is 33.2 Å². The van der Waals surface area contributed by atoms with Crippen LogP contribution in [0.3, 0.4) is 0 Å². The molecule has 170 valence electrons. The maximum atomic E-state index is 12.8. The van der Waals surface area contributed by atoms with Crippen molar-refractivity contribution in [3.8, 4) is 11.5 Å². The molecule has 11 heteroatoms. The van der Waals surface area contributed by atoms with Gasteiger partial charge in [-0.3, -0.25) is 4.72 Å². The first-order valence-electron chi connectivity index (χ1n) is 8.74. The molecule has 31 heavy (non-hydrogen) atoms. The number of hydrogen-bond acceptors (Lipinski definition) is 6. The summed E-state index contributed by atoms with van der Waals surface area (Å²) in [6.45, 7) is 1.58. The Bertz CT molecular complexity index is 1080. The Labute approximate surface area is 178 Å². The molecule has 0 aliphatic carbocycles. The summed E-state index contributed by atoms with van der Waals surface area (Å²) in [5.74, 6) is 0.910. The molecule has 0 bridgehead atoms. The summed E-state index contributed by atoms with van der Waals surface area (Å²) in [4.78, 5) is 0. The Balaban J connectivity index is 2.70. The highest BCUT2D eigenvalue weighted by Crippen LogP contribution is 2.39. The third-order valence-corrected chi connectivity index (χ3v) is 5.40. The monoisotopic (exact) mass is 461 g/mol. The van der Waals surface area contributed by atoms with E-state index in [0.717, 1.165) is 0 Å². The van der Waals surface area contributed by atoms with E-state index in [1.807, 2.05) is 0 Å². The van der Waals surface area contributed by atoms with Gasteiger partial charge in [0, 0.05) is 5.56 Å². The quantitative estimate of drug-likeness (QED) is 0.464. The Kier molecular flexibility index (Phi) is 7.32. The summed E-state index contributed by atoms with van der Waals surface area (Å²) in [7, 11) is -0.101. The van der Waals surface area contributed by atoms with Gasteiger partial charge in [-0.25, -0.2) is 0 Å². The summed E-state index contributed by atoms with van der Waals surface area (Å²) in [6.07, 6.45) is 0. The molecule has 7 nitrogen and oxygen atoms in total. The van der Waals surface area contributed by atoms with Crippen LogP contribution < -0.4 is 14.2 Å². The Morgan fingerprint density at radius 3 is 1.94 bits per heavy atom. The summed E-state index contributed by atoms with van der Waals surface area (Å²) in [6, 6.07) is 9.59. The molecule has 1 N–H and O–H groups in total. The topological polar surface area (TPSA) is 83.1 Å². The van der Waals surface area contributed by atoms with Gasteiger partial charge in [0.05, 0.1) is 39.7 Å². The first-order chi connectivity index (χ1) is 14.5. The van der Waals surface area contributed by atoms with E-state index in [0.29, 0.717) is 28.2 Å². The maximum absolute atomic E-state index is 12.8. The number of benzene rings is 2. The lowest BCUT2D eigenvalue weighted by atomic mass is 10.0. The minimum Gasteiger partial charge on any atom is -0.496 e. The number of halogens is 3. The van der Waals surface area contributed by atoms with Crippen LogP contribution in [0.2, 0.25) is 0 Å². The third kappa shape index (κ3) is 4.98. The summed E-state index contributed by atoms with van der Waals surface area (Å²) in [5, 5.41) is 0. The lowest BCUT2D eigenvalue weighted by molar-refractivity contribution is -0.0429. The van der Waals surface area contributed by atoms with Gasteiger partial charge in [0.2, 0.25) is 0 Å². The van der Waals surface area contributed by atoms with E-state index < -0.39 is 15.5 Å². The van der Waals surface area contributed by atoms with Gasteiger partial charge in [-0.05, 0) is 36.8 Å². The van der Waals surface area contributed by atoms with Gasteiger partial charge in [-0.2, -0.15) is 21.6 Å². The molecule has 0 radical (unpaired) electrons. The number of methoxy groups -OCH3 is 4. The molecule has 0 unspecified atom stereocenters. The van der Waals surface area contributed by atoms with Crippen molar-refractivity contribution in [3.05, 3.63) is 53.1 Å². The van der Waals surface area contributed by atoms with Crippen LogP contribution >= 0.6 is 0 Å². The van der Waals surface area contributed by atoms with Crippen LogP contribution in [-0.2, 0) is 19.5 Å². The van der Waals surface area contributed by atoms with Crippen LogP contribution in [0.1, 0.15) is 16.7 Å². The zero-order valence-electron chi connectivity index (χ0n) is 17.5. The van der Waals surface area contributed by atoms with E-state index in [2.05, 4.69) is 0 Å². The summed E-state index contributed by atoms with van der Waals surface area (Å²) < 4.78 is 84.5. The SMILES string of the molecule is COC(=C(OC)c1ccccc1OC)c1cc(OC)c(NS(=O)(=O)C(F)(F)F)cc1C. The molecule has 2 rings (SSSR count). The van der Waals surface area contributed by atoms with Crippen molar-refractivity contribution in [1.82, 2.24) is 0 Å². The smallest absolute Gasteiger partial charge is 0.496 e. The van der Waals surface area contributed by atoms with Gasteiger partial charge in [0.25, 0.3) is 0 Å². The fourth-order valence-corrected chi connectivity index (χ4v) is 3.43. The van der Waals surface area contributed by atoms with E-state index in [4.69, 9.17) is 18.9 Å². The van der Waals surface area contributed by atoms with Gasteiger partial charge in [0.15, 0.2) is 11.5 Å². The Morgan fingerprint density at radius 2 is 1.42 bits per heavy atom. The fourth-order valence-electron chi connectivity index (χ4n) is 2.87. The number of aryl methyl sites for hydroxylation is 1. The second kappa shape index (κ2) is 9.38. The molecule has 0 saturated carbocycles. The molecule has 0 aliphatic rings. The van der Waals surface area contributed by atoms with Crippen LogP contribution in [0, 0.1) is 6.92 Å². The predicted octanol–water partition coefficient (Wildman–Crippen LogP) is 4.39. The second-order valence-electron chi connectivity index (χ2n) is 6.19. The number of ether oxygens (including phenoxy) is 4. The van der Waals surface area contributed by atoms with E-state index in [-0.39, 0.29) is 17.2 Å². The van der Waals surface area contributed by atoms with Gasteiger partial charge < -0.3 is 18.9 Å². The molecule has 0 heterocycles. The lowest BCUT2D eigenvalue weighted by Crippen LogP contribution is -2.30. The third-order valence-electron chi connectivity index (χ3n) is 4.31. The van der Waals surface area contributed by atoms with Crippen molar-refractivity contribution in [3.63, 3.8) is 0 Å². The molecule has 2 aromatic carbocycles. The molecule has 0 amide bonds. The van der Waals surface area contributed by atoms with E-state index in [9.17, 15) is 21.6 Å². The average Bonchev–Trinajstić information content (AvgIpc) is 2.71. The van der Waals surface area contributed by atoms with Gasteiger partial charge in [0.1, 0.15) is 11.5 Å². The van der Waals surface area contributed by atoms with Crippen molar-refractivity contribution in [2.45, 2.75) is 12.4 Å². The van der Waals surface area contributed by atoms with Crippen LogP contribution in [0.5, 0.6) is 11.5 Å². The molecule has 0 spiro atoms. The maximum Gasteiger partial charge on any atom is 0.516 e. The largest absolute Gasteiger partial charge is 0.516 e. The molecule has 0 atom stereocenters. The van der Waals surface area contributed by atoms with Gasteiger partial charge in [-0.1, -0.05) is 12.1 Å². The highest BCUT2D eigenvalue weighted by molar-refractivity contribution is 7.93. The van der Waals surface area contributed by atoms with Crippen molar-refractivity contribution in [2.24, 2.45) is 0 Å². The van der Waals surface area contributed by atoms with E-state index in [1.165, 1.54) is 45.3 Å². The van der Waals surface area contributed by atoms with Gasteiger partial charge >= 0.3 is 15.5 Å². The summed E-state index contributed by atoms with van der Waals surface area (Å²) >= 11 is 0. The van der Waals surface area contributed by atoms with Crippen molar-refractivity contribution >= 4 is 27.2 Å². The summed E-state index contributed by atoms with van der Waals surface area (Å²) in [5.41, 5.74) is -4.45. The Morgan fingerprint density at radius 1 is 0.871 bits per heavy atom. The molecule has 0 saturated heterocycles. The normalized spacial score (nSPS) is 12.6. The zero-order valence-corrected chi connectivity index (χ0v) is 18.3. The predicted molar refractivity (Wildman–Crippen MR) is 110 cm³/mol. The number of anilines is 1. The number of sulfonamides is 1. The average molecular weight is 461 g/mol. The fraction of sp³-hybridized carbons (Fsp3) is 0.300. The number of hydrogen-bond donors (Lipinski definition) is 1. The van der Waals surface area contributed by atoms with E-state index in [1.54, 1.807) is 31.2 Å². The highest BCUT2D eigenvalue weighted by atomic mass is 32.2. The van der Waals surface area contributed by atoms with E-state index >= 15 is 0 Å². The minimum absolute atomic E-state index is 0.140. The van der Waals surface area contributed by atoms with Crippen LogP contribution in [0.15, 0.2) is 36.4 Å². The first kappa shape index (κ1) is 24.2. The minimum atomic E-state index is -5.63. The second-order valence-corrected chi connectivity index (χ2v) is 7.86. The molecule has 0 aromatic heterocycles. The first-order valence-corrected chi connectivity index (χ1v) is 10.2. The van der Waals surface area contributed by atoms with Crippen LogP contribution in [0.4, 0.5) is 18.9 Å². The van der Waals surface area contributed by atoms with Crippen molar-refractivity contribution < 1.29 is 40.5 Å².